The predicted molar refractivity (Wildman–Crippen MR) is 66.1 cm³/mol. The van der Waals surface area contributed by atoms with Gasteiger partial charge in [-0.1, -0.05) is 0 Å². The maximum Gasteiger partial charge on any atom is 0.123 e. The van der Waals surface area contributed by atoms with Crippen LogP contribution in [-0.4, -0.2) is 24.3 Å². The average molecular weight is 288 g/mol. The molecule has 0 bridgehead atoms. The summed E-state index contributed by atoms with van der Waals surface area (Å²) in [7, 11) is 0. The number of thiophene rings is 1. The molecule has 0 N–H and O–H groups in total. The molecule has 1 aromatic rings. The smallest absolute Gasteiger partial charge is 0.123 e. The van der Waals surface area contributed by atoms with Crippen LogP contribution in [0.1, 0.15) is 17.7 Å². The number of nitrogens with zero attached hydrogens (tertiary/aromatic N) is 1. The molecule has 4 heteroatoms. The second-order valence-corrected chi connectivity index (χ2v) is 5.89. The van der Waals surface area contributed by atoms with Crippen LogP contribution in [0.3, 0.4) is 0 Å². The standard InChI is InChI=1S/C11H14BrNOS/c12-10-5-11(15-8-10)6-13-3-1-9(7-14)2-4-13/h5,7-9H,1-4,6H2. The summed E-state index contributed by atoms with van der Waals surface area (Å²) < 4.78 is 1.17. The van der Waals surface area contributed by atoms with Crippen molar-refractivity contribution in [3.05, 3.63) is 20.8 Å². The average Bonchev–Trinajstić information content (AvgIpc) is 2.65. The third-order valence-corrected chi connectivity index (χ3v) is 4.51. The van der Waals surface area contributed by atoms with Crippen molar-refractivity contribution in [2.24, 2.45) is 5.92 Å². The molecule has 0 saturated carbocycles. The summed E-state index contributed by atoms with van der Waals surface area (Å²) in [6.07, 6.45) is 3.16. The van der Waals surface area contributed by atoms with E-state index in [1.807, 2.05) is 0 Å². The molecule has 0 aliphatic carbocycles. The molecule has 82 valence electrons. The molecule has 0 unspecified atom stereocenters. The van der Waals surface area contributed by atoms with E-state index in [-0.39, 0.29) is 0 Å². The predicted octanol–water partition coefficient (Wildman–Crippen LogP) is 2.92. The molecule has 1 aromatic heterocycles. The van der Waals surface area contributed by atoms with Crippen molar-refractivity contribution in [3.8, 4) is 0 Å². The Morgan fingerprint density at radius 2 is 2.27 bits per heavy atom. The van der Waals surface area contributed by atoms with Gasteiger partial charge < -0.3 is 4.79 Å². The van der Waals surface area contributed by atoms with Gasteiger partial charge in [-0.2, -0.15) is 0 Å². The molecule has 2 heterocycles. The Morgan fingerprint density at radius 3 is 2.80 bits per heavy atom. The van der Waals surface area contributed by atoms with Crippen LogP contribution in [-0.2, 0) is 11.3 Å². The zero-order valence-electron chi connectivity index (χ0n) is 8.49. The highest BCUT2D eigenvalue weighted by molar-refractivity contribution is 9.10. The minimum atomic E-state index is 0.302. The first-order valence-electron chi connectivity index (χ1n) is 5.18. The van der Waals surface area contributed by atoms with Gasteiger partial charge >= 0.3 is 0 Å². The van der Waals surface area contributed by atoms with E-state index in [2.05, 4.69) is 32.3 Å². The molecule has 1 aliphatic heterocycles. The molecule has 0 aromatic carbocycles. The van der Waals surface area contributed by atoms with E-state index in [0.29, 0.717) is 5.92 Å². The minimum absolute atomic E-state index is 0.302. The lowest BCUT2D eigenvalue weighted by Gasteiger charge is -2.28. The number of carbonyl (C=O) groups excluding carboxylic acids is 1. The van der Waals surface area contributed by atoms with Crippen molar-refractivity contribution >= 4 is 33.6 Å². The van der Waals surface area contributed by atoms with Crippen molar-refractivity contribution in [2.75, 3.05) is 13.1 Å². The van der Waals surface area contributed by atoms with Gasteiger partial charge in [0.2, 0.25) is 0 Å². The minimum Gasteiger partial charge on any atom is -0.303 e. The van der Waals surface area contributed by atoms with Crippen LogP contribution in [0.5, 0.6) is 0 Å². The van der Waals surface area contributed by atoms with Crippen LogP contribution in [0, 0.1) is 5.92 Å². The molecule has 2 rings (SSSR count). The Morgan fingerprint density at radius 1 is 1.53 bits per heavy atom. The maximum absolute atomic E-state index is 10.6. The van der Waals surface area contributed by atoms with Crippen LogP contribution in [0.2, 0.25) is 0 Å². The molecular weight excluding hydrogens is 274 g/mol. The van der Waals surface area contributed by atoms with Crippen molar-refractivity contribution in [1.29, 1.82) is 0 Å². The van der Waals surface area contributed by atoms with E-state index in [9.17, 15) is 4.79 Å². The Labute approximate surface area is 102 Å². The summed E-state index contributed by atoms with van der Waals surface area (Å²) in [4.78, 5) is 14.4. The monoisotopic (exact) mass is 287 g/mol. The van der Waals surface area contributed by atoms with E-state index in [1.54, 1.807) is 11.3 Å². The number of likely N-dealkylation sites (tertiary alicyclic amines) is 1. The number of hydrogen-bond donors (Lipinski definition) is 0. The summed E-state index contributed by atoms with van der Waals surface area (Å²) >= 11 is 5.25. The fraction of sp³-hybridized carbons (Fsp3) is 0.545. The molecule has 0 atom stereocenters. The third-order valence-electron chi connectivity index (χ3n) is 2.83. The first kappa shape index (κ1) is 11.3. The summed E-state index contributed by atoms with van der Waals surface area (Å²) in [6, 6.07) is 2.18. The first-order chi connectivity index (χ1) is 7.28. The van der Waals surface area contributed by atoms with Crippen molar-refractivity contribution in [3.63, 3.8) is 0 Å². The molecule has 0 radical (unpaired) electrons. The lowest BCUT2D eigenvalue weighted by Crippen LogP contribution is -2.33. The van der Waals surface area contributed by atoms with Gasteiger partial charge in [-0.15, -0.1) is 11.3 Å². The third kappa shape index (κ3) is 3.13. The van der Waals surface area contributed by atoms with Crippen LogP contribution in [0.25, 0.3) is 0 Å². The molecule has 15 heavy (non-hydrogen) atoms. The van der Waals surface area contributed by atoms with Gasteiger partial charge in [0, 0.05) is 27.2 Å². The Hall–Kier alpha value is -0.190. The quantitative estimate of drug-likeness (QED) is 0.797. The van der Waals surface area contributed by atoms with Gasteiger partial charge in [-0.3, -0.25) is 4.90 Å². The Balaban J connectivity index is 1.84. The lowest BCUT2D eigenvalue weighted by molar-refractivity contribution is -0.112. The fourth-order valence-corrected chi connectivity index (χ4v) is 3.40. The number of rotatable bonds is 3. The van der Waals surface area contributed by atoms with Gasteiger partial charge in [-0.05, 0) is 47.9 Å². The SMILES string of the molecule is O=CC1CCN(Cc2cc(Br)cs2)CC1. The van der Waals surface area contributed by atoms with Crippen molar-refractivity contribution in [1.82, 2.24) is 4.90 Å². The Kier molecular flexibility index (Phi) is 3.94. The summed E-state index contributed by atoms with van der Waals surface area (Å²) in [5.41, 5.74) is 0. The number of hydrogen-bond acceptors (Lipinski definition) is 3. The topological polar surface area (TPSA) is 20.3 Å². The highest BCUT2D eigenvalue weighted by atomic mass is 79.9. The van der Waals surface area contributed by atoms with Crippen LogP contribution < -0.4 is 0 Å². The normalized spacial score (nSPS) is 19.3. The second-order valence-electron chi connectivity index (χ2n) is 3.98. The van der Waals surface area contributed by atoms with E-state index in [1.165, 1.54) is 9.35 Å². The maximum atomic E-state index is 10.6. The van der Waals surface area contributed by atoms with Gasteiger partial charge in [0.1, 0.15) is 6.29 Å². The number of halogens is 1. The number of carbonyl (C=O) groups is 1. The fourth-order valence-electron chi connectivity index (χ4n) is 1.90. The lowest BCUT2D eigenvalue weighted by atomic mass is 9.99. The Bertz CT molecular complexity index is 331. The first-order valence-corrected chi connectivity index (χ1v) is 6.86. The van der Waals surface area contributed by atoms with Crippen LogP contribution in [0.15, 0.2) is 15.9 Å². The van der Waals surface area contributed by atoms with Gasteiger partial charge in [0.05, 0.1) is 0 Å². The summed E-state index contributed by atoms with van der Waals surface area (Å²) in [5, 5.41) is 2.12. The van der Waals surface area contributed by atoms with Gasteiger partial charge in [0.15, 0.2) is 0 Å². The molecule has 2 nitrogen and oxygen atoms in total. The summed E-state index contributed by atoms with van der Waals surface area (Å²) in [6.45, 7) is 3.14. The highest BCUT2D eigenvalue weighted by Crippen LogP contribution is 2.23. The van der Waals surface area contributed by atoms with E-state index in [0.717, 1.165) is 38.8 Å². The molecule has 1 fully saturated rings. The number of piperidine rings is 1. The van der Waals surface area contributed by atoms with E-state index >= 15 is 0 Å². The molecule has 0 amide bonds. The molecule has 0 spiro atoms. The van der Waals surface area contributed by atoms with Crippen LogP contribution in [0.4, 0.5) is 0 Å². The molecule has 1 aliphatic rings. The van der Waals surface area contributed by atoms with Gasteiger partial charge in [0.25, 0.3) is 0 Å². The summed E-state index contributed by atoms with van der Waals surface area (Å²) in [5.74, 6) is 0.302. The molecule has 1 saturated heterocycles. The zero-order chi connectivity index (χ0) is 10.7. The second kappa shape index (κ2) is 5.23. The largest absolute Gasteiger partial charge is 0.303 e. The van der Waals surface area contributed by atoms with E-state index < -0.39 is 0 Å². The highest BCUT2D eigenvalue weighted by Gasteiger charge is 2.18. The van der Waals surface area contributed by atoms with E-state index in [4.69, 9.17) is 0 Å². The van der Waals surface area contributed by atoms with Crippen molar-refractivity contribution < 1.29 is 4.79 Å². The van der Waals surface area contributed by atoms with Gasteiger partial charge in [-0.25, -0.2) is 0 Å². The van der Waals surface area contributed by atoms with Crippen LogP contribution >= 0.6 is 27.3 Å². The molecular formula is C11H14BrNOS. The van der Waals surface area contributed by atoms with Crippen molar-refractivity contribution in [2.45, 2.75) is 19.4 Å². The number of aldehydes is 1. The zero-order valence-corrected chi connectivity index (χ0v) is 10.9.